The number of rotatable bonds is 5. The number of fused-ring (bicyclic) bond motifs is 2. The first-order valence-corrected chi connectivity index (χ1v) is 9.35. The number of imidazole rings is 1. The molecule has 142 valence electrons. The molecule has 4 aromatic rings. The molecule has 2 atom stereocenters. The molecule has 0 bridgehead atoms. The van der Waals surface area contributed by atoms with Crippen molar-refractivity contribution in [2.75, 3.05) is 13.1 Å². The van der Waals surface area contributed by atoms with Crippen LogP contribution in [0.15, 0.2) is 55.0 Å². The maximum Gasteiger partial charge on any atom is 0.140 e. The molecule has 4 heterocycles. The summed E-state index contributed by atoms with van der Waals surface area (Å²) < 4.78 is 20.3. The SMILES string of the molecule is FC1CN(Cc2cnc3ccccc3c2)CC1OCc1nc2ccncc2[nH]1. The second-order valence-corrected chi connectivity index (χ2v) is 7.17. The van der Waals surface area contributed by atoms with Crippen molar-refractivity contribution in [2.45, 2.75) is 25.4 Å². The van der Waals surface area contributed by atoms with Crippen LogP contribution in [-0.2, 0) is 17.9 Å². The minimum Gasteiger partial charge on any atom is -0.366 e. The van der Waals surface area contributed by atoms with Crippen LogP contribution in [0.2, 0.25) is 0 Å². The third kappa shape index (κ3) is 3.46. The topological polar surface area (TPSA) is 66.9 Å². The lowest BCUT2D eigenvalue weighted by atomic mass is 10.1. The molecule has 1 aromatic carbocycles. The molecule has 1 aliphatic heterocycles. The Hall–Kier alpha value is -2.90. The zero-order valence-corrected chi connectivity index (χ0v) is 15.3. The van der Waals surface area contributed by atoms with E-state index in [-0.39, 0.29) is 6.61 Å². The largest absolute Gasteiger partial charge is 0.366 e. The second kappa shape index (κ2) is 7.26. The summed E-state index contributed by atoms with van der Waals surface area (Å²) in [6.45, 7) is 1.83. The van der Waals surface area contributed by atoms with E-state index in [2.05, 4.69) is 30.9 Å². The fourth-order valence-electron chi connectivity index (χ4n) is 3.72. The number of aromatic nitrogens is 4. The van der Waals surface area contributed by atoms with E-state index >= 15 is 0 Å². The predicted molar refractivity (Wildman–Crippen MR) is 104 cm³/mol. The van der Waals surface area contributed by atoms with E-state index in [4.69, 9.17) is 4.74 Å². The standard InChI is InChI=1S/C21H20FN5O/c22-16-11-27(10-14-7-15-3-1-2-4-17(15)24-8-14)12-20(16)28-13-21-25-18-5-6-23-9-19(18)26-21/h1-9,16,20H,10-13H2,(H,25,26). The number of halogens is 1. The van der Waals surface area contributed by atoms with E-state index < -0.39 is 12.3 Å². The molecule has 6 nitrogen and oxygen atoms in total. The van der Waals surface area contributed by atoms with Gasteiger partial charge in [0.05, 0.1) is 22.7 Å². The molecule has 1 saturated heterocycles. The summed E-state index contributed by atoms with van der Waals surface area (Å²) in [6.07, 6.45) is 3.81. The molecule has 1 N–H and O–H groups in total. The highest BCUT2D eigenvalue weighted by atomic mass is 19.1. The minimum absolute atomic E-state index is 0.255. The Morgan fingerprint density at radius 1 is 1.14 bits per heavy atom. The number of benzene rings is 1. The Kier molecular flexibility index (Phi) is 4.46. The fourth-order valence-corrected chi connectivity index (χ4v) is 3.72. The van der Waals surface area contributed by atoms with Crippen molar-refractivity contribution >= 4 is 21.9 Å². The molecule has 0 spiro atoms. The van der Waals surface area contributed by atoms with Crippen LogP contribution >= 0.6 is 0 Å². The van der Waals surface area contributed by atoms with E-state index in [0.29, 0.717) is 25.5 Å². The van der Waals surface area contributed by atoms with Gasteiger partial charge >= 0.3 is 0 Å². The van der Waals surface area contributed by atoms with Crippen LogP contribution < -0.4 is 0 Å². The number of hydrogen-bond donors (Lipinski definition) is 1. The van der Waals surface area contributed by atoms with Crippen LogP contribution in [0.3, 0.4) is 0 Å². The summed E-state index contributed by atoms with van der Waals surface area (Å²) in [5.41, 5.74) is 3.74. The monoisotopic (exact) mass is 377 g/mol. The first-order chi connectivity index (χ1) is 13.7. The van der Waals surface area contributed by atoms with Gasteiger partial charge in [-0.15, -0.1) is 0 Å². The smallest absolute Gasteiger partial charge is 0.140 e. The third-order valence-electron chi connectivity index (χ3n) is 5.09. The lowest BCUT2D eigenvalue weighted by Gasteiger charge is -2.15. The summed E-state index contributed by atoms with van der Waals surface area (Å²) >= 11 is 0. The first kappa shape index (κ1) is 17.2. The number of nitrogens with zero attached hydrogens (tertiary/aromatic N) is 4. The second-order valence-electron chi connectivity index (χ2n) is 7.17. The minimum atomic E-state index is -1.01. The number of ether oxygens (including phenoxy) is 1. The van der Waals surface area contributed by atoms with Gasteiger partial charge in [-0.1, -0.05) is 18.2 Å². The number of aromatic amines is 1. The molecule has 0 saturated carbocycles. The number of para-hydroxylation sites is 1. The summed E-state index contributed by atoms with van der Waals surface area (Å²) in [4.78, 5) is 18.2. The van der Waals surface area contributed by atoms with Crippen LogP contribution in [0.1, 0.15) is 11.4 Å². The van der Waals surface area contributed by atoms with E-state index in [1.54, 1.807) is 12.4 Å². The average Bonchev–Trinajstić information content (AvgIpc) is 3.28. The van der Waals surface area contributed by atoms with Crippen molar-refractivity contribution in [3.63, 3.8) is 0 Å². The van der Waals surface area contributed by atoms with Crippen LogP contribution in [0.4, 0.5) is 4.39 Å². The summed E-state index contributed by atoms with van der Waals surface area (Å²) in [5, 5.41) is 1.10. The van der Waals surface area contributed by atoms with Crippen LogP contribution in [0.25, 0.3) is 21.9 Å². The highest BCUT2D eigenvalue weighted by Gasteiger charge is 2.33. The molecule has 7 heteroatoms. The summed E-state index contributed by atoms with van der Waals surface area (Å²) in [5.74, 6) is 0.687. The zero-order valence-electron chi connectivity index (χ0n) is 15.3. The van der Waals surface area contributed by atoms with Crippen molar-refractivity contribution in [3.8, 4) is 0 Å². The molecule has 0 amide bonds. The van der Waals surface area contributed by atoms with Gasteiger partial charge in [0, 0.05) is 37.4 Å². The van der Waals surface area contributed by atoms with Gasteiger partial charge in [-0.2, -0.15) is 0 Å². The molecule has 0 aliphatic carbocycles. The molecule has 1 aliphatic rings. The highest BCUT2D eigenvalue weighted by molar-refractivity contribution is 5.78. The van der Waals surface area contributed by atoms with Crippen molar-refractivity contribution in [2.24, 2.45) is 0 Å². The van der Waals surface area contributed by atoms with Gasteiger partial charge in [0.2, 0.25) is 0 Å². The predicted octanol–water partition coefficient (Wildman–Crippen LogP) is 3.25. The zero-order chi connectivity index (χ0) is 18.9. The molecule has 2 unspecified atom stereocenters. The van der Waals surface area contributed by atoms with Gasteiger partial charge in [-0.3, -0.25) is 14.9 Å². The van der Waals surface area contributed by atoms with Gasteiger partial charge in [-0.05, 0) is 23.8 Å². The lowest BCUT2D eigenvalue weighted by Crippen LogP contribution is -2.24. The van der Waals surface area contributed by atoms with Gasteiger partial charge in [0.25, 0.3) is 0 Å². The van der Waals surface area contributed by atoms with Crippen LogP contribution in [-0.4, -0.2) is 50.2 Å². The molecule has 3 aromatic heterocycles. The Bertz CT molecular complexity index is 1080. The van der Waals surface area contributed by atoms with Crippen molar-refractivity contribution in [1.29, 1.82) is 0 Å². The van der Waals surface area contributed by atoms with E-state index in [9.17, 15) is 4.39 Å². The lowest BCUT2D eigenvalue weighted by molar-refractivity contribution is 0.00863. The quantitative estimate of drug-likeness (QED) is 0.578. The maximum atomic E-state index is 14.5. The summed E-state index contributed by atoms with van der Waals surface area (Å²) in [7, 11) is 0. The first-order valence-electron chi connectivity index (χ1n) is 9.35. The number of pyridine rings is 2. The summed E-state index contributed by atoms with van der Waals surface area (Å²) in [6, 6.07) is 12.0. The Labute approximate surface area is 161 Å². The third-order valence-corrected chi connectivity index (χ3v) is 5.09. The maximum absolute atomic E-state index is 14.5. The number of alkyl halides is 1. The number of hydrogen-bond acceptors (Lipinski definition) is 5. The van der Waals surface area contributed by atoms with Gasteiger partial charge in [0.15, 0.2) is 0 Å². The molecule has 0 radical (unpaired) electrons. The van der Waals surface area contributed by atoms with Crippen LogP contribution in [0.5, 0.6) is 0 Å². The van der Waals surface area contributed by atoms with Crippen LogP contribution in [0, 0.1) is 0 Å². The normalized spacial score (nSPS) is 20.3. The molecule has 1 fully saturated rings. The Morgan fingerprint density at radius 3 is 3.00 bits per heavy atom. The van der Waals surface area contributed by atoms with Gasteiger partial charge in [-0.25, -0.2) is 9.37 Å². The Morgan fingerprint density at radius 2 is 2.07 bits per heavy atom. The number of nitrogens with one attached hydrogen (secondary N) is 1. The number of likely N-dealkylation sites (tertiary alicyclic amines) is 1. The van der Waals surface area contributed by atoms with Gasteiger partial charge < -0.3 is 9.72 Å². The van der Waals surface area contributed by atoms with Crippen molar-refractivity contribution < 1.29 is 9.13 Å². The highest BCUT2D eigenvalue weighted by Crippen LogP contribution is 2.22. The van der Waals surface area contributed by atoms with Crippen molar-refractivity contribution in [3.05, 3.63) is 66.4 Å². The molecule has 28 heavy (non-hydrogen) atoms. The molecule has 5 rings (SSSR count). The molecular formula is C21H20FN5O. The Balaban J connectivity index is 1.21. The van der Waals surface area contributed by atoms with Gasteiger partial charge in [0.1, 0.15) is 24.7 Å². The molecular weight excluding hydrogens is 357 g/mol. The fraction of sp³-hybridized carbons (Fsp3) is 0.286. The van der Waals surface area contributed by atoms with Crippen molar-refractivity contribution in [1.82, 2.24) is 24.8 Å². The average molecular weight is 377 g/mol. The van der Waals surface area contributed by atoms with E-state index in [1.165, 1.54) is 0 Å². The number of H-pyrrole nitrogens is 1. The van der Waals surface area contributed by atoms with E-state index in [1.807, 2.05) is 36.5 Å². The van der Waals surface area contributed by atoms with E-state index in [0.717, 1.165) is 27.5 Å².